The van der Waals surface area contributed by atoms with Crippen LogP contribution in [0.3, 0.4) is 0 Å². The van der Waals surface area contributed by atoms with Gasteiger partial charge in [-0.25, -0.2) is 4.98 Å². The molecule has 2 heterocycles. The Hall–Kier alpha value is -1.16. The highest BCUT2D eigenvalue weighted by Gasteiger charge is 2.35. The SMILES string of the molecule is Cc1nc(C2CN(C3CCCC3)C2)cc(=O)[nH]1. The Balaban J connectivity index is 1.66. The fourth-order valence-electron chi connectivity index (χ4n) is 3.08. The molecule has 1 saturated heterocycles. The van der Waals surface area contributed by atoms with Crippen LogP contribution in [-0.2, 0) is 0 Å². The van der Waals surface area contributed by atoms with Gasteiger partial charge in [-0.05, 0) is 19.8 Å². The van der Waals surface area contributed by atoms with Gasteiger partial charge in [-0.3, -0.25) is 9.69 Å². The Bertz CT molecular complexity index is 456. The molecule has 4 nitrogen and oxygen atoms in total. The average molecular weight is 233 g/mol. The molecule has 1 aromatic rings. The van der Waals surface area contributed by atoms with Gasteiger partial charge in [0.2, 0.25) is 0 Å². The third kappa shape index (κ3) is 2.14. The summed E-state index contributed by atoms with van der Waals surface area (Å²) in [6.07, 6.45) is 5.48. The molecule has 0 spiro atoms. The second-order valence-corrected chi connectivity index (χ2v) is 5.34. The summed E-state index contributed by atoms with van der Waals surface area (Å²) in [6, 6.07) is 2.46. The Morgan fingerprint density at radius 2 is 2.06 bits per heavy atom. The van der Waals surface area contributed by atoms with Gasteiger partial charge in [0.15, 0.2) is 0 Å². The van der Waals surface area contributed by atoms with E-state index in [4.69, 9.17) is 0 Å². The molecule has 1 aromatic heterocycles. The predicted molar refractivity (Wildman–Crippen MR) is 66.2 cm³/mol. The number of aromatic amines is 1. The molecule has 1 aliphatic carbocycles. The van der Waals surface area contributed by atoms with Gasteiger partial charge < -0.3 is 4.98 Å². The summed E-state index contributed by atoms with van der Waals surface area (Å²) in [5.74, 6) is 1.20. The van der Waals surface area contributed by atoms with E-state index in [1.165, 1.54) is 25.7 Å². The minimum Gasteiger partial charge on any atom is -0.311 e. The highest BCUT2D eigenvalue weighted by atomic mass is 16.1. The van der Waals surface area contributed by atoms with Gasteiger partial charge in [-0.15, -0.1) is 0 Å². The van der Waals surface area contributed by atoms with Gasteiger partial charge in [0.05, 0.1) is 5.69 Å². The van der Waals surface area contributed by atoms with E-state index in [1.807, 2.05) is 6.92 Å². The lowest BCUT2D eigenvalue weighted by atomic mass is 9.93. The standard InChI is InChI=1S/C13H19N3O/c1-9-14-12(6-13(17)15-9)10-7-16(8-10)11-4-2-3-5-11/h6,10-11H,2-5,7-8H2,1H3,(H,14,15,17). The molecule has 0 amide bonds. The minimum atomic E-state index is -0.0215. The molecule has 0 aromatic carbocycles. The van der Waals surface area contributed by atoms with Crippen LogP contribution < -0.4 is 5.56 Å². The molecule has 1 N–H and O–H groups in total. The van der Waals surface area contributed by atoms with Crippen LogP contribution in [0.25, 0.3) is 0 Å². The number of likely N-dealkylation sites (tertiary alicyclic amines) is 1. The third-order valence-corrected chi connectivity index (χ3v) is 4.05. The molecule has 1 saturated carbocycles. The van der Waals surface area contributed by atoms with Crippen molar-refractivity contribution in [2.24, 2.45) is 0 Å². The number of H-pyrrole nitrogens is 1. The highest BCUT2D eigenvalue weighted by Crippen LogP contribution is 2.33. The van der Waals surface area contributed by atoms with E-state index in [9.17, 15) is 4.79 Å². The van der Waals surface area contributed by atoms with E-state index in [0.717, 1.165) is 30.6 Å². The van der Waals surface area contributed by atoms with Gasteiger partial charge in [-0.1, -0.05) is 12.8 Å². The van der Waals surface area contributed by atoms with E-state index < -0.39 is 0 Å². The van der Waals surface area contributed by atoms with Gasteiger partial charge in [0.1, 0.15) is 5.82 Å². The minimum absolute atomic E-state index is 0.0215. The summed E-state index contributed by atoms with van der Waals surface area (Å²) in [6.45, 7) is 4.01. The molecule has 3 rings (SSSR count). The van der Waals surface area contributed by atoms with E-state index in [1.54, 1.807) is 6.07 Å². The van der Waals surface area contributed by atoms with E-state index in [-0.39, 0.29) is 5.56 Å². The van der Waals surface area contributed by atoms with Gasteiger partial charge >= 0.3 is 0 Å². The van der Waals surface area contributed by atoms with Crippen LogP contribution in [-0.4, -0.2) is 34.0 Å². The van der Waals surface area contributed by atoms with E-state index in [0.29, 0.717) is 5.92 Å². The Morgan fingerprint density at radius 3 is 2.71 bits per heavy atom. The van der Waals surface area contributed by atoms with Gasteiger partial charge in [0.25, 0.3) is 5.56 Å². The van der Waals surface area contributed by atoms with Crippen LogP contribution in [0, 0.1) is 6.92 Å². The van der Waals surface area contributed by atoms with Crippen LogP contribution >= 0.6 is 0 Å². The summed E-state index contributed by atoms with van der Waals surface area (Å²) in [5, 5.41) is 0. The molecule has 0 bridgehead atoms. The number of rotatable bonds is 2. The number of nitrogens with one attached hydrogen (secondary N) is 1. The molecule has 4 heteroatoms. The van der Waals surface area contributed by atoms with Crippen LogP contribution in [0.2, 0.25) is 0 Å². The van der Waals surface area contributed by atoms with Crippen LogP contribution in [0.15, 0.2) is 10.9 Å². The summed E-state index contributed by atoms with van der Waals surface area (Å²) in [4.78, 5) is 21.1. The monoisotopic (exact) mass is 233 g/mol. The van der Waals surface area contributed by atoms with Gasteiger partial charge in [0, 0.05) is 31.1 Å². The summed E-state index contributed by atoms with van der Waals surface area (Å²) in [7, 11) is 0. The summed E-state index contributed by atoms with van der Waals surface area (Å²) < 4.78 is 0. The topological polar surface area (TPSA) is 49.0 Å². The van der Waals surface area contributed by atoms with Crippen molar-refractivity contribution >= 4 is 0 Å². The molecule has 0 atom stereocenters. The van der Waals surface area contributed by atoms with Crippen molar-refractivity contribution in [2.75, 3.05) is 13.1 Å². The summed E-state index contributed by atoms with van der Waals surface area (Å²) >= 11 is 0. The second kappa shape index (κ2) is 4.26. The average Bonchev–Trinajstić information content (AvgIpc) is 2.66. The first-order valence-electron chi connectivity index (χ1n) is 6.54. The van der Waals surface area contributed by atoms with Crippen LogP contribution in [0.5, 0.6) is 0 Å². The number of aromatic nitrogens is 2. The zero-order valence-electron chi connectivity index (χ0n) is 10.3. The van der Waals surface area contributed by atoms with Crippen molar-refractivity contribution in [1.29, 1.82) is 0 Å². The maximum Gasteiger partial charge on any atom is 0.251 e. The fourth-order valence-corrected chi connectivity index (χ4v) is 3.08. The third-order valence-electron chi connectivity index (χ3n) is 4.05. The molecule has 92 valence electrons. The first kappa shape index (κ1) is 11.0. The van der Waals surface area contributed by atoms with E-state index >= 15 is 0 Å². The van der Waals surface area contributed by atoms with Crippen LogP contribution in [0.1, 0.15) is 43.1 Å². The van der Waals surface area contributed by atoms with Crippen molar-refractivity contribution in [3.05, 3.63) is 27.9 Å². The zero-order valence-corrected chi connectivity index (χ0v) is 10.3. The number of hydrogen-bond donors (Lipinski definition) is 1. The molecule has 0 unspecified atom stereocenters. The number of hydrogen-bond acceptors (Lipinski definition) is 3. The van der Waals surface area contributed by atoms with Gasteiger partial charge in [-0.2, -0.15) is 0 Å². The van der Waals surface area contributed by atoms with Crippen LogP contribution in [0.4, 0.5) is 0 Å². The molecule has 0 radical (unpaired) electrons. The fraction of sp³-hybridized carbons (Fsp3) is 0.692. The Kier molecular flexibility index (Phi) is 2.74. The molecule has 2 fully saturated rings. The highest BCUT2D eigenvalue weighted by molar-refractivity contribution is 5.14. The molecular formula is C13H19N3O. The maximum absolute atomic E-state index is 11.4. The lowest BCUT2D eigenvalue weighted by Crippen LogP contribution is -2.50. The van der Waals surface area contributed by atoms with Crippen molar-refractivity contribution in [3.63, 3.8) is 0 Å². The van der Waals surface area contributed by atoms with Crippen molar-refractivity contribution in [1.82, 2.24) is 14.9 Å². The van der Waals surface area contributed by atoms with Crippen molar-refractivity contribution < 1.29 is 0 Å². The maximum atomic E-state index is 11.4. The number of nitrogens with zero attached hydrogens (tertiary/aromatic N) is 2. The lowest BCUT2D eigenvalue weighted by Gasteiger charge is -2.43. The molecule has 2 aliphatic rings. The Morgan fingerprint density at radius 1 is 1.35 bits per heavy atom. The quantitative estimate of drug-likeness (QED) is 0.840. The van der Waals surface area contributed by atoms with Crippen molar-refractivity contribution in [3.8, 4) is 0 Å². The predicted octanol–water partition coefficient (Wildman–Crippen LogP) is 1.42. The molecule has 17 heavy (non-hydrogen) atoms. The zero-order chi connectivity index (χ0) is 11.8. The Labute approximate surface area is 101 Å². The molecule has 1 aliphatic heterocycles. The second-order valence-electron chi connectivity index (χ2n) is 5.34. The summed E-state index contributed by atoms with van der Waals surface area (Å²) in [5.41, 5.74) is 0.951. The normalized spacial score (nSPS) is 22.9. The smallest absolute Gasteiger partial charge is 0.251 e. The first-order chi connectivity index (χ1) is 8.22. The van der Waals surface area contributed by atoms with E-state index in [2.05, 4.69) is 14.9 Å². The first-order valence-corrected chi connectivity index (χ1v) is 6.54. The molecular weight excluding hydrogens is 214 g/mol. The largest absolute Gasteiger partial charge is 0.311 e. The van der Waals surface area contributed by atoms with Crippen molar-refractivity contribution in [2.45, 2.75) is 44.6 Å². The lowest BCUT2D eigenvalue weighted by molar-refractivity contribution is 0.0922. The number of aryl methyl sites for hydroxylation is 1.